The van der Waals surface area contributed by atoms with Gasteiger partial charge in [0.15, 0.2) is 6.61 Å². The summed E-state index contributed by atoms with van der Waals surface area (Å²) in [5, 5.41) is 4.77. The van der Waals surface area contributed by atoms with Gasteiger partial charge < -0.3 is 10.1 Å². The van der Waals surface area contributed by atoms with E-state index < -0.39 is 11.9 Å². The molecule has 5 nitrogen and oxygen atoms in total. The second kappa shape index (κ2) is 9.00. The van der Waals surface area contributed by atoms with Crippen LogP contribution in [0.25, 0.3) is 0 Å². The Bertz CT molecular complexity index is 457. The molecule has 2 N–H and O–H groups in total. The van der Waals surface area contributed by atoms with Crippen LogP contribution in [0.1, 0.15) is 45.1 Å². The van der Waals surface area contributed by atoms with E-state index in [2.05, 4.69) is 24.5 Å². The Labute approximate surface area is 126 Å². The average molecular weight is 292 g/mol. The number of hydrogen-bond acceptors (Lipinski definition) is 3. The van der Waals surface area contributed by atoms with Crippen molar-refractivity contribution in [1.29, 1.82) is 0 Å². The molecule has 116 valence electrons. The molecule has 3 amide bonds. The molecule has 1 rings (SSSR count). The molecule has 0 aliphatic rings. The molecular weight excluding hydrogens is 268 g/mol. The maximum atomic E-state index is 11.5. The molecule has 0 heterocycles. The summed E-state index contributed by atoms with van der Waals surface area (Å²) in [4.78, 5) is 22.8. The van der Waals surface area contributed by atoms with E-state index in [1.54, 1.807) is 0 Å². The van der Waals surface area contributed by atoms with Gasteiger partial charge in [-0.05, 0) is 36.5 Å². The fourth-order valence-corrected chi connectivity index (χ4v) is 1.72. The summed E-state index contributed by atoms with van der Waals surface area (Å²) in [6.45, 7) is 6.61. The third-order valence-electron chi connectivity index (χ3n) is 3.22. The molecule has 0 aromatic heterocycles. The molecular formula is C16H24N2O3. The van der Waals surface area contributed by atoms with Crippen molar-refractivity contribution in [2.45, 2.75) is 39.5 Å². The normalized spacial score (nSPS) is 11.6. The van der Waals surface area contributed by atoms with Crippen LogP contribution in [-0.4, -0.2) is 25.1 Å². The van der Waals surface area contributed by atoms with Gasteiger partial charge in [0, 0.05) is 6.54 Å². The molecule has 0 saturated heterocycles. The first kappa shape index (κ1) is 17.0. The zero-order valence-corrected chi connectivity index (χ0v) is 12.9. The van der Waals surface area contributed by atoms with Gasteiger partial charge in [0.2, 0.25) is 0 Å². The van der Waals surface area contributed by atoms with Crippen LogP contribution in [-0.2, 0) is 4.79 Å². The Balaban J connectivity index is 2.37. The number of carbonyl (C=O) groups excluding carboxylic acids is 2. The number of benzene rings is 1. The zero-order chi connectivity index (χ0) is 15.7. The van der Waals surface area contributed by atoms with Crippen LogP contribution >= 0.6 is 0 Å². The van der Waals surface area contributed by atoms with Crippen LogP contribution in [0.2, 0.25) is 0 Å². The molecule has 5 heteroatoms. The summed E-state index contributed by atoms with van der Waals surface area (Å²) >= 11 is 0. The van der Waals surface area contributed by atoms with E-state index in [1.165, 1.54) is 5.56 Å². The Hall–Kier alpha value is -2.04. The van der Waals surface area contributed by atoms with Crippen molar-refractivity contribution in [2.24, 2.45) is 0 Å². The lowest BCUT2D eigenvalue weighted by Gasteiger charge is -2.11. The standard InChI is InChI=1S/C16H24N2O3/c1-4-10-17-16(20)18-15(19)11-21-14-8-6-13(7-9-14)12(3)5-2/h6-9,12H,4-5,10-11H2,1-3H3,(H2,17,18,19,20)/t12-/m0/s1. The highest BCUT2D eigenvalue weighted by Gasteiger charge is 2.08. The zero-order valence-electron chi connectivity index (χ0n) is 12.9. The van der Waals surface area contributed by atoms with Crippen LogP contribution in [0.4, 0.5) is 4.79 Å². The maximum absolute atomic E-state index is 11.5. The summed E-state index contributed by atoms with van der Waals surface area (Å²) in [5.74, 6) is 0.658. The lowest BCUT2D eigenvalue weighted by molar-refractivity contribution is -0.122. The van der Waals surface area contributed by atoms with E-state index in [9.17, 15) is 9.59 Å². The lowest BCUT2D eigenvalue weighted by Crippen LogP contribution is -2.41. The van der Waals surface area contributed by atoms with Gasteiger partial charge in [0.1, 0.15) is 5.75 Å². The highest BCUT2D eigenvalue weighted by molar-refractivity contribution is 5.94. The minimum atomic E-state index is -0.488. The van der Waals surface area contributed by atoms with Crippen LogP contribution in [0.5, 0.6) is 5.75 Å². The number of carbonyl (C=O) groups is 2. The second-order valence-electron chi connectivity index (χ2n) is 4.97. The second-order valence-corrected chi connectivity index (χ2v) is 4.97. The largest absolute Gasteiger partial charge is 0.484 e. The first-order valence-corrected chi connectivity index (χ1v) is 7.37. The SMILES string of the molecule is CCCNC(=O)NC(=O)COc1ccc([C@@H](C)CC)cc1. The first-order chi connectivity index (χ1) is 10.1. The van der Waals surface area contributed by atoms with Crippen molar-refractivity contribution < 1.29 is 14.3 Å². The Morgan fingerprint density at radius 3 is 2.43 bits per heavy atom. The lowest BCUT2D eigenvalue weighted by atomic mass is 9.99. The van der Waals surface area contributed by atoms with Gasteiger partial charge in [0.05, 0.1) is 0 Å². The predicted molar refractivity (Wildman–Crippen MR) is 82.5 cm³/mol. The summed E-state index contributed by atoms with van der Waals surface area (Å²) in [6.07, 6.45) is 1.90. The van der Waals surface area contributed by atoms with Gasteiger partial charge in [-0.25, -0.2) is 4.79 Å². The van der Waals surface area contributed by atoms with Crippen LogP contribution in [0.15, 0.2) is 24.3 Å². The minimum absolute atomic E-state index is 0.178. The minimum Gasteiger partial charge on any atom is -0.484 e. The van der Waals surface area contributed by atoms with Crippen molar-refractivity contribution in [3.05, 3.63) is 29.8 Å². The van der Waals surface area contributed by atoms with Crippen LogP contribution < -0.4 is 15.4 Å². The average Bonchev–Trinajstić information content (AvgIpc) is 2.50. The van der Waals surface area contributed by atoms with E-state index in [0.29, 0.717) is 18.2 Å². The summed E-state index contributed by atoms with van der Waals surface area (Å²) in [5.41, 5.74) is 1.24. The van der Waals surface area contributed by atoms with Gasteiger partial charge in [-0.1, -0.05) is 32.9 Å². The van der Waals surface area contributed by atoms with Crippen LogP contribution in [0.3, 0.4) is 0 Å². The molecule has 1 aromatic rings. The smallest absolute Gasteiger partial charge is 0.321 e. The van der Waals surface area contributed by atoms with Gasteiger partial charge in [-0.2, -0.15) is 0 Å². The topological polar surface area (TPSA) is 67.4 Å². The Kier molecular flexibility index (Phi) is 7.29. The van der Waals surface area contributed by atoms with Crippen molar-refractivity contribution in [1.82, 2.24) is 10.6 Å². The Morgan fingerprint density at radius 1 is 1.19 bits per heavy atom. The first-order valence-electron chi connectivity index (χ1n) is 7.37. The summed E-state index contributed by atoms with van der Waals surface area (Å²) in [6, 6.07) is 7.18. The molecule has 0 saturated carbocycles. The molecule has 21 heavy (non-hydrogen) atoms. The third-order valence-corrected chi connectivity index (χ3v) is 3.22. The molecule has 0 aliphatic carbocycles. The van der Waals surface area contributed by atoms with Crippen LogP contribution in [0, 0.1) is 0 Å². The predicted octanol–water partition coefficient (Wildman–Crippen LogP) is 2.81. The van der Waals surface area contributed by atoms with E-state index in [4.69, 9.17) is 4.74 Å². The number of amides is 3. The summed E-state index contributed by atoms with van der Waals surface area (Å²) < 4.78 is 5.35. The van der Waals surface area contributed by atoms with E-state index >= 15 is 0 Å². The third kappa shape index (κ3) is 6.29. The molecule has 0 fully saturated rings. The number of urea groups is 1. The van der Waals surface area contributed by atoms with Gasteiger partial charge in [0.25, 0.3) is 5.91 Å². The number of hydrogen-bond donors (Lipinski definition) is 2. The van der Waals surface area contributed by atoms with Crippen molar-refractivity contribution in [3.8, 4) is 5.75 Å². The van der Waals surface area contributed by atoms with Crippen molar-refractivity contribution in [2.75, 3.05) is 13.2 Å². The van der Waals surface area contributed by atoms with Crippen molar-refractivity contribution >= 4 is 11.9 Å². The number of ether oxygens (including phenoxy) is 1. The van der Waals surface area contributed by atoms with E-state index in [-0.39, 0.29) is 6.61 Å². The van der Waals surface area contributed by atoms with E-state index in [1.807, 2.05) is 31.2 Å². The fourth-order valence-electron chi connectivity index (χ4n) is 1.72. The Morgan fingerprint density at radius 2 is 1.86 bits per heavy atom. The molecule has 1 atom stereocenters. The molecule has 0 bridgehead atoms. The molecule has 0 radical (unpaired) electrons. The number of nitrogens with one attached hydrogen (secondary N) is 2. The molecule has 1 aromatic carbocycles. The molecule has 0 spiro atoms. The fraction of sp³-hybridized carbons (Fsp3) is 0.500. The summed E-state index contributed by atoms with van der Waals surface area (Å²) in [7, 11) is 0. The van der Waals surface area contributed by atoms with Gasteiger partial charge in [-0.15, -0.1) is 0 Å². The maximum Gasteiger partial charge on any atom is 0.321 e. The molecule has 0 unspecified atom stereocenters. The number of rotatable bonds is 7. The highest BCUT2D eigenvalue weighted by Crippen LogP contribution is 2.21. The van der Waals surface area contributed by atoms with Gasteiger partial charge >= 0.3 is 6.03 Å². The van der Waals surface area contributed by atoms with E-state index in [0.717, 1.165) is 12.8 Å². The number of imide groups is 1. The van der Waals surface area contributed by atoms with Crippen molar-refractivity contribution in [3.63, 3.8) is 0 Å². The van der Waals surface area contributed by atoms with Gasteiger partial charge in [-0.3, -0.25) is 10.1 Å². The molecule has 0 aliphatic heterocycles. The quantitative estimate of drug-likeness (QED) is 0.812. The highest BCUT2D eigenvalue weighted by atomic mass is 16.5. The monoisotopic (exact) mass is 292 g/mol.